The maximum atomic E-state index is 3.71. The molecule has 0 radical (unpaired) electrons. The van der Waals surface area contributed by atoms with Crippen LogP contribution >= 0.6 is 0 Å². The second kappa shape index (κ2) is 4.21. The molecule has 0 aromatic rings. The summed E-state index contributed by atoms with van der Waals surface area (Å²) < 4.78 is 0. The summed E-state index contributed by atoms with van der Waals surface area (Å²) >= 11 is 0. The summed E-state index contributed by atoms with van der Waals surface area (Å²) in [5, 5.41) is 3.71. The van der Waals surface area contributed by atoms with Crippen LogP contribution in [0.1, 0.15) is 44.9 Å². The number of nitrogens with one attached hydrogen (secondary N) is 1. The normalized spacial score (nSPS) is 52.5. The third kappa shape index (κ3) is 1.76. The zero-order chi connectivity index (χ0) is 12.2. The molecule has 5 rings (SSSR count). The van der Waals surface area contributed by atoms with Gasteiger partial charge in [0.25, 0.3) is 0 Å². The average molecular weight is 248 g/mol. The quantitative estimate of drug-likeness (QED) is 0.767. The van der Waals surface area contributed by atoms with E-state index in [0.29, 0.717) is 5.41 Å². The van der Waals surface area contributed by atoms with Crippen molar-refractivity contribution in [3.63, 3.8) is 0 Å². The first-order valence-electron chi connectivity index (χ1n) is 8.16. The third-order valence-electron chi connectivity index (χ3n) is 6.53. The predicted molar refractivity (Wildman–Crippen MR) is 74.5 cm³/mol. The van der Waals surface area contributed by atoms with Crippen molar-refractivity contribution in [2.24, 2.45) is 23.2 Å². The molecular weight excluding hydrogens is 220 g/mol. The Hall–Kier alpha value is -0.0800. The Balaban J connectivity index is 1.62. The van der Waals surface area contributed by atoms with Gasteiger partial charge in [-0.25, -0.2) is 0 Å². The molecule has 5 aliphatic rings. The molecule has 2 nitrogen and oxygen atoms in total. The molecular formula is C16H28N2. The van der Waals surface area contributed by atoms with Crippen LogP contribution in [0, 0.1) is 23.2 Å². The van der Waals surface area contributed by atoms with Crippen LogP contribution in [0.5, 0.6) is 0 Å². The molecule has 1 N–H and O–H groups in total. The van der Waals surface area contributed by atoms with E-state index in [2.05, 4.69) is 17.3 Å². The van der Waals surface area contributed by atoms with Crippen LogP contribution in [0.2, 0.25) is 0 Å². The molecule has 1 saturated heterocycles. The minimum Gasteiger partial charge on any atom is -0.315 e. The van der Waals surface area contributed by atoms with Crippen LogP contribution in [0.4, 0.5) is 0 Å². The number of hydrogen-bond acceptors (Lipinski definition) is 2. The molecule has 4 bridgehead atoms. The van der Waals surface area contributed by atoms with Gasteiger partial charge in [0, 0.05) is 12.6 Å². The summed E-state index contributed by atoms with van der Waals surface area (Å²) in [5.74, 6) is 3.27. The van der Waals surface area contributed by atoms with E-state index >= 15 is 0 Å². The van der Waals surface area contributed by atoms with Gasteiger partial charge < -0.3 is 10.2 Å². The van der Waals surface area contributed by atoms with Crippen LogP contribution in [0.25, 0.3) is 0 Å². The van der Waals surface area contributed by atoms with Crippen molar-refractivity contribution in [1.29, 1.82) is 0 Å². The second-order valence-corrected chi connectivity index (χ2v) is 7.83. The van der Waals surface area contributed by atoms with Gasteiger partial charge in [-0.05, 0) is 88.3 Å². The summed E-state index contributed by atoms with van der Waals surface area (Å²) in [5.41, 5.74) is 0.695. The van der Waals surface area contributed by atoms with Gasteiger partial charge in [-0.15, -0.1) is 0 Å². The molecule has 4 saturated carbocycles. The van der Waals surface area contributed by atoms with E-state index in [1.165, 1.54) is 26.1 Å². The molecule has 1 heterocycles. The third-order valence-corrected chi connectivity index (χ3v) is 6.53. The van der Waals surface area contributed by atoms with E-state index in [1.54, 1.807) is 38.5 Å². The van der Waals surface area contributed by atoms with Crippen molar-refractivity contribution in [2.45, 2.75) is 51.0 Å². The van der Waals surface area contributed by atoms with Crippen molar-refractivity contribution in [3.8, 4) is 0 Å². The minimum atomic E-state index is 0.695. The van der Waals surface area contributed by atoms with E-state index in [4.69, 9.17) is 0 Å². The zero-order valence-corrected chi connectivity index (χ0v) is 11.8. The molecule has 4 aliphatic carbocycles. The second-order valence-electron chi connectivity index (χ2n) is 7.83. The van der Waals surface area contributed by atoms with E-state index in [9.17, 15) is 0 Å². The van der Waals surface area contributed by atoms with E-state index in [-0.39, 0.29) is 0 Å². The monoisotopic (exact) mass is 248 g/mol. The maximum Gasteiger partial charge on any atom is 0.0274 e. The number of likely N-dealkylation sites (N-methyl/N-ethyl adjacent to an activating group) is 1. The summed E-state index contributed by atoms with van der Waals surface area (Å²) in [6, 6.07) is 0.827. The fraction of sp³-hybridized carbons (Fsp3) is 1.00. The molecule has 0 aromatic heterocycles. The van der Waals surface area contributed by atoms with Crippen LogP contribution in [-0.4, -0.2) is 37.6 Å². The van der Waals surface area contributed by atoms with Crippen LogP contribution < -0.4 is 5.32 Å². The lowest BCUT2D eigenvalue weighted by Gasteiger charge is -2.60. The standard InChI is InChI=1S/C16H28N2/c1-18-4-2-3-17-11-15(18)16-8-12-5-13(9-16)7-14(6-12)10-16/h12-15,17H,2-11H2,1H3. The zero-order valence-electron chi connectivity index (χ0n) is 11.8. The molecule has 5 fully saturated rings. The summed E-state index contributed by atoms with van der Waals surface area (Å²) in [6.07, 6.45) is 10.7. The van der Waals surface area contributed by atoms with Crippen molar-refractivity contribution in [2.75, 3.05) is 26.7 Å². The number of nitrogens with zero attached hydrogens (tertiary/aromatic N) is 1. The van der Waals surface area contributed by atoms with Gasteiger partial charge in [-0.2, -0.15) is 0 Å². The van der Waals surface area contributed by atoms with Gasteiger partial charge in [0.15, 0.2) is 0 Å². The Morgan fingerprint density at radius 3 is 2.22 bits per heavy atom. The molecule has 0 spiro atoms. The topological polar surface area (TPSA) is 15.3 Å². The molecule has 1 aliphatic heterocycles. The molecule has 1 unspecified atom stereocenters. The Bertz CT molecular complexity index is 290. The van der Waals surface area contributed by atoms with Crippen LogP contribution in [-0.2, 0) is 0 Å². The summed E-state index contributed by atoms with van der Waals surface area (Å²) in [7, 11) is 2.39. The van der Waals surface area contributed by atoms with Crippen LogP contribution in [0.15, 0.2) is 0 Å². The average Bonchev–Trinajstić information content (AvgIpc) is 2.52. The van der Waals surface area contributed by atoms with E-state index < -0.39 is 0 Å². The first-order valence-corrected chi connectivity index (χ1v) is 8.16. The van der Waals surface area contributed by atoms with Crippen molar-refractivity contribution < 1.29 is 0 Å². The van der Waals surface area contributed by atoms with Crippen molar-refractivity contribution in [3.05, 3.63) is 0 Å². The highest BCUT2D eigenvalue weighted by Gasteiger charge is 2.54. The van der Waals surface area contributed by atoms with Gasteiger partial charge in [0.05, 0.1) is 0 Å². The Morgan fingerprint density at radius 2 is 1.61 bits per heavy atom. The predicted octanol–water partition coefficient (Wildman–Crippen LogP) is 2.50. The van der Waals surface area contributed by atoms with Crippen molar-refractivity contribution in [1.82, 2.24) is 10.2 Å². The molecule has 1 atom stereocenters. The fourth-order valence-electron chi connectivity index (χ4n) is 6.27. The van der Waals surface area contributed by atoms with Gasteiger partial charge in [0.1, 0.15) is 0 Å². The number of hydrogen-bond donors (Lipinski definition) is 1. The summed E-state index contributed by atoms with van der Waals surface area (Å²) in [6.45, 7) is 3.79. The van der Waals surface area contributed by atoms with E-state index in [1.807, 2.05) is 0 Å². The van der Waals surface area contributed by atoms with Crippen molar-refractivity contribution >= 4 is 0 Å². The molecule has 0 amide bonds. The lowest BCUT2D eigenvalue weighted by atomic mass is 9.47. The SMILES string of the molecule is CN1CCCNCC1C12CC3CC(CC(C3)C1)C2. The molecule has 0 aromatic carbocycles. The molecule has 18 heavy (non-hydrogen) atoms. The van der Waals surface area contributed by atoms with Gasteiger partial charge in [-0.3, -0.25) is 0 Å². The smallest absolute Gasteiger partial charge is 0.0274 e. The minimum absolute atomic E-state index is 0.695. The molecule has 2 heteroatoms. The van der Waals surface area contributed by atoms with E-state index in [0.717, 1.165) is 23.8 Å². The first-order chi connectivity index (χ1) is 8.75. The largest absolute Gasteiger partial charge is 0.315 e. The Labute approximate surface area is 111 Å². The number of rotatable bonds is 1. The highest BCUT2D eigenvalue weighted by atomic mass is 15.2. The Kier molecular flexibility index (Phi) is 2.74. The Morgan fingerprint density at radius 1 is 1.00 bits per heavy atom. The summed E-state index contributed by atoms with van der Waals surface area (Å²) in [4.78, 5) is 2.70. The van der Waals surface area contributed by atoms with Gasteiger partial charge in [-0.1, -0.05) is 0 Å². The van der Waals surface area contributed by atoms with Crippen LogP contribution in [0.3, 0.4) is 0 Å². The molecule has 102 valence electrons. The highest BCUT2D eigenvalue weighted by Crippen LogP contribution is 2.61. The first kappa shape index (κ1) is 11.7. The lowest BCUT2D eigenvalue weighted by molar-refractivity contribution is -0.0942. The van der Waals surface area contributed by atoms with Gasteiger partial charge in [0.2, 0.25) is 0 Å². The highest BCUT2D eigenvalue weighted by molar-refractivity contribution is 5.07. The lowest BCUT2D eigenvalue weighted by Crippen LogP contribution is -2.58. The van der Waals surface area contributed by atoms with Gasteiger partial charge >= 0.3 is 0 Å². The maximum absolute atomic E-state index is 3.71. The fourth-order valence-corrected chi connectivity index (χ4v) is 6.27.